The molecule has 48 heavy (non-hydrogen) atoms. The molecule has 0 spiro atoms. The maximum Gasteiger partial charge on any atom is 0.413 e. The van der Waals surface area contributed by atoms with E-state index in [1.807, 2.05) is 13.1 Å². The average molecular weight is 693 g/mol. The summed E-state index contributed by atoms with van der Waals surface area (Å²) in [6.45, 7) is 24.8. The summed E-state index contributed by atoms with van der Waals surface area (Å²) in [4.78, 5) is 37.4. The lowest BCUT2D eigenvalue weighted by atomic mass is 10.1. The van der Waals surface area contributed by atoms with Crippen LogP contribution in [0.1, 0.15) is 68.7 Å². The highest BCUT2D eigenvalue weighted by molar-refractivity contribution is 6.74. The summed E-state index contributed by atoms with van der Waals surface area (Å²) in [7, 11) is -2.40. The molecule has 1 atom stereocenters. The standard InChI is InChI=1S/C34H53FN4O8Si/c1-13-19-43-31(42)37-28-25(21-39(38-28)18-14-17-36-30(41)46-33(5,6)7)24-16-15-23(20-26(24)35)44-22-27(29(40)45-32(2,3)4)47-48(11,12)34(8,9)10/h13,15-16,20-21,27H,1,14,17-19,22H2,2-12H3,(H,36,41)(H,37,38,42)/t27-/m1/s1. The zero-order chi connectivity index (χ0) is 36.5. The van der Waals surface area contributed by atoms with Gasteiger partial charge in [0.1, 0.15) is 36.0 Å². The van der Waals surface area contributed by atoms with Crippen LogP contribution in [0.15, 0.2) is 37.1 Å². The first-order chi connectivity index (χ1) is 22.0. The van der Waals surface area contributed by atoms with Gasteiger partial charge in [-0.3, -0.25) is 10.00 Å². The van der Waals surface area contributed by atoms with Gasteiger partial charge in [0.25, 0.3) is 0 Å². The van der Waals surface area contributed by atoms with Crippen molar-refractivity contribution in [1.29, 1.82) is 0 Å². The molecule has 1 aromatic heterocycles. The van der Waals surface area contributed by atoms with E-state index in [4.69, 9.17) is 23.4 Å². The fourth-order valence-electron chi connectivity index (χ4n) is 3.86. The molecule has 2 amide bonds. The van der Waals surface area contributed by atoms with Gasteiger partial charge >= 0.3 is 18.2 Å². The molecule has 1 aromatic carbocycles. The maximum atomic E-state index is 15.7. The van der Waals surface area contributed by atoms with Crippen LogP contribution in [0.2, 0.25) is 18.1 Å². The van der Waals surface area contributed by atoms with E-state index in [-0.39, 0.29) is 35.4 Å². The summed E-state index contributed by atoms with van der Waals surface area (Å²) in [5, 5.41) is 9.46. The highest BCUT2D eigenvalue weighted by Gasteiger charge is 2.42. The minimum atomic E-state index is -2.40. The lowest BCUT2D eigenvalue weighted by Gasteiger charge is -2.39. The molecule has 0 fully saturated rings. The summed E-state index contributed by atoms with van der Waals surface area (Å²) in [6.07, 6.45) is 1.13. The van der Waals surface area contributed by atoms with Crippen LogP contribution in [0.25, 0.3) is 11.1 Å². The van der Waals surface area contributed by atoms with E-state index < -0.39 is 49.6 Å². The summed E-state index contributed by atoms with van der Waals surface area (Å²) in [5.41, 5.74) is -0.920. The molecule has 1 heterocycles. The van der Waals surface area contributed by atoms with Crippen molar-refractivity contribution in [2.75, 3.05) is 25.1 Å². The maximum absolute atomic E-state index is 15.7. The summed E-state index contributed by atoms with van der Waals surface area (Å²) in [6, 6.07) is 4.24. The SMILES string of the molecule is C=CCOC(=O)Nc1nn(CCCNC(=O)OC(C)(C)C)cc1-c1ccc(OC[C@@H](O[Si](C)(C)C(C)(C)C)C(=O)OC(C)(C)C)cc1F. The van der Waals surface area contributed by atoms with E-state index in [0.29, 0.717) is 25.1 Å². The second kappa shape index (κ2) is 16.5. The molecule has 14 heteroatoms. The Balaban J connectivity index is 2.28. The molecule has 2 rings (SSSR count). The van der Waals surface area contributed by atoms with Gasteiger partial charge in [0.2, 0.25) is 0 Å². The Morgan fingerprint density at radius 1 is 1.00 bits per heavy atom. The molecular weight excluding hydrogens is 639 g/mol. The molecule has 0 saturated carbocycles. The fraction of sp³-hybridized carbons (Fsp3) is 0.588. The predicted octanol–water partition coefficient (Wildman–Crippen LogP) is 7.45. The van der Waals surface area contributed by atoms with E-state index >= 15 is 4.39 Å². The van der Waals surface area contributed by atoms with E-state index in [9.17, 15) is 14.4 Å². The zero-order valence-electron chi connectivity index (χ0n) is 30.2. The van der Waals surface area contributed by atoms with Gasteiger partial charge in [-0.15, -0.1) is 0 Å². The zero-order valence-corrected chi connectivity index (χ0v) is 31.2. The van der Waals surface area contributed by atoms with Crippen molar-refractivity contribution in [3.8, 4) is 16.9 Å². The van der Waals surface area contributed by atoms with Crippen LogP contribution in [0.4, 0.5) is 19.8 Å². The first-order valence-corrected chi connectivity index (χ1v) is 18.8. The highest BCUT2D eigenvalue weighted by atomic mass is 28.4. The number of rotatable bonds is 14. The van der Waals surface area contributed by atoms with Crippen LogP contribution in [0.5, 0.6) is 5.75 Å². The predicted molar refractivity (Wildman–Crippen MR) is 185 cm³/mol. The number of nitrogens with zero attached hydrogens (tertiary/aromatic N) is 2. The minimum Gasteiger partial charge on any atom is -0.490 e. The van der Waals surface area contributed by atoms with Crippen molar-refractivity contribution in [2.45, 2.75) is 111 Å². The number of carbonyl (C=O) groups excluding carboxylic acids is 3. The van der Waals surface area contributed by atoms with Crippen LogP contribution >= 0.6 is 0 Å². The lowest BCUT2D eigenvalue weighted by molar-refractivity contribution is -0.165. The van der Waals surface area contributed by atoms with Gasteiger partial charge in [-0.05, 0) is 78.2 Å². The van der Waals surface area contributed by atoms with Crippen molar-refractivity contribution in [3.05, 3.63) is 42.9 Å². The molecule has 2 aromatic rings. The van der Waals surface area contributed by atoms with Gasteiger partial charge in [0, 0.05) is 36.5 Å². The molecule has 0 aliphatic rings. The quantitative estimate of drug-likeness (QED) is 0.0679. The number of esters is 1. The third-order valence-electron chi connectivity index (χ3n) is 7.09. The molecule has 0 bridgehead atoms. The number of benzene rings is 1. The van der Waals surface area contributed by atoms with Crippen molar-refractivity contribution in [1.82, 2.24) is 15.1 Å². The van der Waals surface area contributed by atoms with Gasteiger partial charge in [-0.2, -0.15) is 5.10 Å². The Morgan fingerprint density at radius 3 is 2.21 bits per heavy atom. The summed E-state index contributed by atoms with van der Waals surface area (Å²) < 4.78 is 45.3. The van der Waals surface area contributed by atoms with Crippen molar-refractivity contribution in [3.63, 3.8) is 0 Å². The third-order valence-corrected chi connectivity index (χ3v) is 11.6. The second-order valence-corrected chi connectivity index (χ2v) is 19.6. The minimum absolute atomic E-state index is 0.0258. The average Bonchev–Trinajstić information content (AvgIpc) is 3.31. The molecular formula is C34H53FN4O8Si. The number of amides is 2. The molecule has 12 nitrogen and oxygen atoms in total. The molecule has 268 valence electrons. The topological polar surface area (TPSA) is 139 Å². The van der Waals surface area contributed by atoms with Gasteiger partial charge in [0.05, 0.1) is 0 Å². The first-order valence-electron chi connectivity index (χ1n) is 15.9. The monoisotopic (exact) mass is 692 g/mol. The Morgan fingerprint density at radius 2 is 1.65 bits per heavy atom. The van der Waals surface area contributed by atoms with Crippen LogP contribution in [-0.4, -0.2) is 73.3 Å². The van der Waals surface area contributed by atoms with E-state index in [1.54, 1.807) is 53.8 Å². The van der Waals surface area contributed by atoms with Crippen LogP contribution in [0.3, 0.4) is 0 Å². The molecule has 0 aliphatic heterocycles. The number of aryl methyl sites for hydroxylation is 1. The molecule has 0 radical (unpaired) electrons. The number of hydrogen-bond acceptors (Lipinski definition) is 9. The Bertz CT molecular complexity index is 1420. The van der Waals surface area contributed by atoms with Gasteiger partial charge in [0.15, 0.2) is 20.2 Å². The molecule has 0 aliphatic carbocycles. The summed E-state index contributed by atoms with van der Waals surface area (Å²) in [5.74, 6) is -0.967. The van der Waals surface area contributed by atoms with Crippen LogP contribution < -0.4 is 15.4 Å². The van der Waals surface area contributed by atoms with Gasteiger partial charge in [-0.1, -0.05) is 33.4 Å². The number of anilines is 1. The van der Waals surface area contributed by atoms with Crippen LogP contribution in [0, 0.1) is 5.82 Å². The fourth-order valence-corrected chi connectivity index (χ4v) is 5.09. The summed E-state index contributed by atoms with van der Waals surface area (Å²) >= 11 is 0. The number of carbonyl (C=O) groups is 3. The van der Waals surface area contributed by atoms with E-state index in [1.165, 1.54) is 22.9 Å². The van der Waals surface area contributed by atoms with Crippen LogP contribution in [-0.2, 0) is 30.0 Å². The Labute approximate surface area is 284 Å². The smallest absolute Gasteiger partial charge is 0.413 e. The Hall–Kier alpha value is -3.91. The normalized spacial score (nSPS) is 12.9. The number of alkyl carbamates (subject to hydrolysis) is 1. The van der Waals surface area contributed by atoms with Crippen molar-refractivity contribution < 1.29 is 42.1 Å². The third kappa shape index (κ3) is 13.3. The first kappa shape index (κ1) is 40.3. The number of halogens is 1. The van der Waals surface area contributed by atoms with E-state index in [0.717, 1.165) is 0 Å². The number of nitrogens with one attached hydrogen (secondary N) is 2. The lowest BCUT2D eigenvalue weighted by Crippen LogP contribution is -2.49. The Kier molecular flexibility index (Phi) is 13.8. The number of ether oxygens (including phenoxy) is 4. The highest BCUT2D eigenvalue weighted by Crippen LogP contribution is 2.38. The van der Waals surface area contributed by atoms with Crippen molar-refractivity contribution in [2.24, 2.45) is 0 Å². The molecule has 0 unspecified atom stereocenters. The van der Waals surface area contributed by atoms with Crippen molar-refractivity contribution >= 4 is 32.3 Å². The number of hydrogen-bond donors (Lipinski definition) is 2. The second-order valence-electron chi connectivity index (χ2n) is 14.8. The van der Waals surface area contributed by atoms with Gasteiger partial charge < -0.3 is 28.7 Å². The number of aromatic nitrogens is 2. The van der Waals surface area contributed by atoms with Gasteiger partial charge in [-0.25, -0.2) is 18.8 Å². The molecule has 0 saturated heterocycles. The largest absolute Gasteiger partial charge is 0.490 e. The molecule has 2 N–H and O–H groups in total. The van der Waals surface area contributed by atoms with E-state index in [2.05, 4.69) is 43.1 Å².